The molecule has 0 unspecified atom stereocenters. The van der Waals surface area contributed by atoms with Crippen LogP contribution in [0.15, 0.2) is 34.5 Å². The van der Waals surface area contributed by atoms with E-state index in [2.05, 4.69) is 20.3 Å². The fraction of sp³-hybridized carbons (Fsp3) is 0.182. The van der Waals surface area contributed by atoms with Gasteiger partial charge in [0, 0.05) is 0 Å². The molecule has 0 radical (unpaired) electrons. The normalized spacial score (nSPS) is 17.4. The van der Waals surface area contributed by atoms with E-state index in [-0.39, 0.29) is 11.7 Å². The van der Waals surface area contributed by atoms with Crippen molar-refractivity contribution in [2.24, 2.45) is 10.2 Å². The number of nitrogens with zero attached hydrogens (tertiary/aromatic N) is 2. The van der Waals surface area contributed by atoms with Crippen molar-refractivity contribution in [3.05, 3.63) is 29.8 Å². The van der Waals surface area contributed by atoms with E-state index in [0.29, 0.717) is 16.5 Å². The van der Waals surface area contributed by atoms with Gasteiger partial charge in [-0.3, -0.25) is 4.79 Å². The summed E-state index contributed by atoms with van der Waals surface area (Å²) in [5.41, 5.74) is 0.567. The van der Waals surface area contributed by atoms with E-state index in [1.807, 2.05) is 0 Å². The van der Waals surface area contributed by atoms with Gasteiger partial charge < -0.3 is 10.1 Å². The first-order chi connectivity index (χ1) is 9.13. The molecular formula is C11H9F2N3O2S. The third-order valence-electron chi connectivity index (χ3n) is 2.02. The average molecular weight is 285 g/mol. The van der Waals surface area contributed by atoms with Gasteiger partial charge in [-0.15, -0.1) is 5.10 Å². The largest absolute Gasteiger partial charge is 0.435 e. The molecule has 1 amide bonds. The van der Waals surface area contributed by atoms with Gasteiger partial charge in [-0.1, -0.05) is 23.9 Å². The van der Waals surface area contributed by atoms with Gasteiger partial charge in [0.2, 0.25) is 5.91 Å². The molecule has 0 spiro atoms. The molecule has 100 valence electrons. The van der Waals surface area contributed by atoms with Crippen LogP contribution in [-0.2, 0) is 4.79 Å². The Morgan fingerprint density at radius 1 is 1.47 bits per heavy atom. The Hall–Kier alpha value is -1.96. The first kappa shape index (κ1) is 13.5. The highest BCUT2D eigenvalue weighted by atomic mass is 32.2. The number of carbonyl (C=O) groups excluding carboxylic acids is 1. The number of ether oxygens (including phenoxy) is 1. The molecule has 1 saturated heterocycles. The Kier molecular flexibility index (Phi) is 4.45. The molecular weight excluding hydrogens is 276 g/mol. The van der Waals surface area contributed by atoms with E-state index in [9.17, 15) is 13.6 Å². The quantitative estimate of drug-likeness (QED) is 0.678. The number of halogens is 2. The van der Waals surface area contributed by atoms with Crippen LogP contribution in [-0.4, -0.2) is 29.7 Å². The number of amides is 1. The number of alkyl halides is 2. The zero-order chi connectivity index (χ0) is 13.7. The SMILES string of the molecule is O=C1CSC(=NN=Cc2cccc(OC(F)F)c2)N1. The van der Waals surface area contributed by atoms with Crippen LogP contribution in [0.3, 0.4) is 0 Å². The summed E-state index contributed by atoms with van der Waals surface area (Å²) in [6.07, 6.45) is 1.39. The van der Waals surface area contributed by atoms with Gasteiger partial charge in [-0.2, -0.15) is 13.9 Å². The second-order valence-electron chi connectivity index (χ2n) is 3.44. The molecule has 1 aromatic rings. The highest BCUT2D eigenvalue weighted by molar-refractivity contribution is 8.15. The summed E-state index contributed by atoms with van der Waals surface area (Å²) in [6, 6.07) is 6.07. The van der Waals surface area contributed by atoms with Gasteiger partial charge in [0.05, 0.1) is 12.0 Å². The highest BCUT2D eigenvalue weighted by Gasteiger charge is 2.15. The molecule has 0 aromatic heterocycles. The van der Waals surface area contributed by atoms with Crippen LogP contribution >= 0.6 is 11.8 Å². The molecule has 8 heteroatoms. The standard InChI is InChI=1S/C11H9F2N3O2S/c12-10(13)18-8-3-1-2-7(4-8)5-14-16-11-15-9(17)6-19-11/h1-5,10H,6H2,(H,15,16,17). The molecule has 0 aliphatic carbocycles. The summed E-state index contributed by atoms with van der Waals surface area (Å²) in [6.45, 7) is -2.86. The highest BCUT2D eigenvalue weighted by Crippen LogP contribution is 2.15. The van der Waals surface area contributed by atoms with Crippen molar-refractivity contribution in [2.45, 2.75) is 6.61 Å². The lowest BCUT2D eigenvalue weighted by atomic mass is 10.2. The predicted octanol–water partition coefficient (Wildman–Crippen LogP) is 1.84. The fourth-order valence-corrected chi connectivity index (χ4v) is 1.93. The van der Waals surface area contributed by atoms with Crippen molar-refractivity contribution in [3.8, 4) is 5.75 Å². The summed E-state index contributed by atoms with van der Waals surface area (Å²) in [5.74, 6) is 0.257. The number of hydrogen-bond acceptors (Lipinski definition) is 5. The zero-order valence-corrected chi connectivity index (χ0v) is 10.4. The third kappa shape index (κ3) is 4.32. The Morgan fingerprint density at radius 2 is 2.32 bits per heavy atom. The maximum atomic E-state index is 12.0. The van der Waals surface area contributed by atoms with Gasteiger partial charge in [0.15, 0.2) is 5.17 Å². The Bertz CT molecular complexity index is 534. The van der Waals surface area contributed by atoms with Crippen LogP contribution in [0.2, 0.25) is 0 Å². The van der Waals surface area contributed by atoms with Gasteiger partial charge in [-0.25, -0.2) is 0 Å². The molecule has 19 heavy (non-hydrogen) atoms. The smallest absolute Gasteiger partial charge is 0.387 e. The topological polar surface area (TPSA) is 63.0 Å². The van der Waals surface area contributed by atoms with Crippen molar-refractivity contribution in [1.29, 1.82) is 0 Å². The summed E-state index contributed by atoms with van der Waals surface area (Å²) >= 11 is 1.25. The van der Waals surface area contributed by atoms with Crippen LogP contribution in [0, 0.1) is 0 Å². The molecule has 1 aliphatic heterocycles. The number of amidine groups is 1. The molecule has 1 fully saturated rings. The lowest BCUT2D eigenvalue weighted by Crippen LogP contribution is -2.19. The lowest BCUT2D eigenvalue weighted by molar-refractivity contribution is -0.116. The number of carbonyl (C=O) groups is 1. The first-order valence-electron chi connectivity index (χ1n) is 5.22. The van der Waals surface area contributed by atoms with Crippen LogP contribution < -0.4 is 10.1 Å². The van der Waals surface area contributed by atoms with E-state index < -0.39 is 6.61 Å². The van der Waals surface area contributed by atoms with Crippen molar-refractivity contribution in [2.75, 3.05) is 5.75 Å². The maximum Gasteiger partial charge on any atom is 0.387 e. The van der Waals surface area contributed by atoms with E-state index in [4.69, 9.17) is 0 Å². The first-order valence-corrected chi connectivity index (χ1v) is 6.20. The minimum atomic E-state index is -2.86. The maximum absolute atomic E-state index is 12.0. The molecule has 1 aromatic carbocycles. The number of nitrogens with one attached hydrogen (secondary N) is 1. The zero-order valence-electron chi connectivity index (χ0n) is 9.55. The summed E-state index contributed by atoms with van der Waals surface area (Å²) in [5, 5.41) is 10.5. The number of rotatable bonds is 4. The molecule has 2 rings (SSSR count). The Balaban J connectivity index is 2.00. The second kappa shape index (κ2) is 6.28. The second-order valence-corrected chi connectivity index (χ2v) is 4.40. The molecule has 5 nitrogen and oxygen atoms in total. The van der Waals surface area contributed by atoms with Crippen LogP contribution in [0.25, 0.3) is 0 Å². The number of hydrogen-bond donors (Lipinski definition) is 1. The fourth-order valence-electron chi connectivity index (χ4n) is 1.30. The van der Waals surface area contributed by atoms with Crippen LogP contribution in [0.5, 0.6) is 5.75 Å². The Morgan fingerprint density at radius 3 is 3.00 bits per heavy atom. The molecule has 0 atom stereocenters. The molecule has 0 saturated carbocycles. The molecule has 0 bridgehead atoms. The van der Waals surface area contributed by atoms with Crippen LogP contribution in [0.1, 0.15) is 5.56 Å². The molecule has 1 N–H and O–H groups in total. The van der Waals surface area contributed by atoms with Crippen LogP contribution in [0.4, 0.5) is 8.78 Å². The molecule has 1 aliphatic rings. The van der Waals surface area contributed by atoms with Crippen molar-refractivity contribution in [1.82, 2.24) is 5.32 Å². The van der Waals surface area contributed by atoms with Crippen molar-refractivity contribution >= 4 is 29.1 Å². The lowest BCUT2D eigenvalue weighted by Gasteiger charge is -2.03. The predicted molar refractivity (Wildman–Crippen MR) is 68.7 cm³/mol. The number of thioether (sulfide) groups is 1. The third-order valence-corrected chi connectivity index (χ3v) is 2.89. The monoisotopic (exact) mass is 285 g/mol. The van der Waals surface area contributed by atoms with Gasteiger partial charge in [-0.05, 0) is 17.7 Å². The van der Waals surface area contributed by atoms with Crippen molar-refractivity contribution in [3.63, 3.8) is 0 Å². The van der Waals surface area contributed by atoms with E-state index >= 15 is 0 Å². The average Bonchev–Trinajstić information content (AvgIpc) is 2.75. The number of benzene rings is 1. The van der Waals surface area contributed by atoms with E-state index in [1.165, 1.54) is 30.1 Å². The summed E-state index contributed by atoms with van der Waals surface area (Å²) in [4.78, 5) is 10.9. The van der Waals surface area contributed by atoms with E-state index in [0.717, 1.165) is 0 Å². The summed E-state index contributed by atoms with van der Waals surface area (Å²) in [7, 11) is 0. The molecule has 1 heterocycles. The van der Waals surface area contributed by atoms with Gasteiger partial charge >= 0.3 is 6.61 Å². The van der Waals surface area contributed by atoms with Gasteiger partial charge in [0.25, 0.3) is 0 Å². The van der Waals surface area contributed by atoms with Gasteiger partial charge in [0.1, 0.15) is 5.75 Å². The Labute approximate surface area is 111 Å². The minimum Gasteiger partial charge on any atom is -0.435 e. The van der Waals surface area contributed by atoms with E-state index in [1.54, 1.807) is 12.1 Å². The minimum absolute atomic E-state index is 0.0511. The summed E-state index contributed by atoms with van der Waals surface area (Å²) < 4.78 is 28.3. The van der Waals surface area contributed by atoms with Crippen molar-refractivity contribution < 1.29 is 18.3 Å².